The van der Waals surface area contributed by atoms with Gasteiger partial charge in [-0.15, -0.1) is 0 Å². The number of nitro groups is 1. The molecule has 0 fully saturated rings. The van der Waals surface area contributed by atoms with Gasteiger partial charge in [-0.25, -0.2) is 13.1 Å². The molecule has 0 saturated heterocycles. The molecule has 24 heavy (non-hydrogen) atoms. The minimum Gasteiger partial charge on any atom is -0.383 e. The monoisotopic (exact) mass is 360 g/mol. The predicted molar refractivity (Wildman–Crippen MR) is 86.0 cm³/mol. The van der Waals surface area contributed by atoms with Crippen LogP contribution < -0.4 is 15.4 Å². The summed E-state index contributed by atoms with van der Waals surface area (Å²) in [6.45, 7) is 1.26. The summed E-state index contributed by atoms with van der Waals surface area (Å²) in [5.41, 5.74) is -0.192. The first-order chi connectivity index (χ1) is 11.4. The van der Waals surface area contributed by atoms with Crippen LogP contribution in [0.1, 0.15) is 0 Å². The second-order valence-electron chi connectivity index (χ2n) is 4.67. The fourth-order valence-electron chi connectivity index (χ4n) is 1.66. The van der Waals surface area contributed by atoms with E-state index in [9.17, 15) is 23.3 Å². The summed E-state index contributed by atoms with van der Waals surface area (Å²) in [5, 5.41) is 15.9. The third kappa shape index (κ3) is 7.00. The van der Waals surface area contributed by atoms with Gasteiger partial charge >= 0.3 is 0 Å². The number of ether oxygens (including phenoxy) is 1. The summed E-state index contributed by atoms with van der Waals surface area (Å²) in [5.74, 6) is -0.263. The van der Waals surface area contributed by atoms with Crippen molar-refractivity contribution in [3.63, 3.8) is 0 Å². The molecular weight excluding hydrogens is 340 g/mol. The van der Waals surface area contributed by atoms with Crippen molar-refractivity contribution in [2.45, 2.75) is 4.90 Å². The Bertz CT molecular complexity index is 647. The molecule has 11 heteroatoms. The molecule has 0 aliphatic rings. The Balaban J connectivity index is 2.35. The fraction of sp³-hybridized carbons (Fsp3) is 0.462. The number of nitrogens with zero attached hydrogens (tertiary/aromatic N) is 1. The Morgan fingerprint density at radius 3 is 2.46 bits per heavy atom. The van der Waals surface area contributed by atoms with Crippen molar-refractivity contribution in [1.82, 2.24) is 15.4 Å². The molecule has 0 unspecified atom stereocenters. The zero-order chi connectivity index (χ0) is 18.0. The minimum absolute atomic E-state index is 0.00311. The topological polar surface area (TPSA) is 140 Å². The van der Waals surface area contributed by atoms with Crippen molar-refractivity contribution in [1.29, 1.82) is 0 Å². The predicted octanol–water partition coefficient (Wildman–Crippen LogP) is -0.775. The summed E-state index contributed by atoms with van der Waals surface area (Å²) < 4.78 is 31.1. The van der Waals surface area contributed by atoms with Gasteiger partial charge in [-0.2, -0.15) is 0 Å². The van der Waals surface area contributed by atoms with E-state index in [0.717, 1.165) is 24.3 Å². The van der Waals surface area contributed by atoms with Gasteiger partial charge in [0.1, 0.15) is 0 Å². The standard InChI is InChI=1S/C13H20N4O6S/c1-23-9-8-14-10-13(18)15-6-7-16-24(21,22)12-4-2-11(3-5-12)17(19)20/h2-5,14,16H,6-10H2,1H3,(H,15,18). The number of hydrogen-bond donors (Lipinski definition) is 3. The Hall–Kier alpha value is -2.08. The van der Waals surface area contributed by atoms with Gasteiger partial charge in [-0.05, 0) is 12.1 Å². The highest BCUT2D eigenvalue weighted by molar-refractivity contribution is 7.89. The van der Waals surface area contributed by atoms with Crippen LogP contribution in [0.15, 0.2) is 29.2 Å². The number of non-ortho nitro benzene ring substituents is 1. The highest BCUT2D eigenvalue weighted by Crippen LogP contribution is 2.15. The van der Waals surface area contributed by atoms with E-state index in [-0.39, 0.29) is 36.1 Å². The largest absolute Gasteiger partial charge is 0.383 e. The molecule has 0 aromatic heterocycles. The maximum Gasteiger partial charge on any atom is 0.269 e. The zero-order valence-electron chi connectivity index (χ0n) is 13.1. The maximum absolute atomic E-state index is 12.0. The number of nitro benzene ring substituents is 1. The van der Waals surface area contributed by atoms with Crippen LogP contribution in [0.2, 0.25) is 0 Å². The molecule has 1 aromatic rings. The van der Waals surface area contributed by atoms with Gasteiger partial charge in [0.2, 0.25) is 15.9 Å². The molecule has 0 aliphatic carbocycles. The highest BCUT2D eigenvalue weighted by atomic mass is 32.2. The molecule has 0 atom stereocenters. The van der Waals surface area contributed by atoms with Gasteiger partial charge < -0.3 is 15.4 Å². The van der Waals surface area contributed by atoms with E-state index in [0.29, 0.717) is 13.2 Å². The lowest BCUT2D eigenvalue weighted by molar-refractivity contribution is -0.384. The Kier molecular flexibility index (Phi) is 8.26. The smallest absolute Gasteiger partial charge is 0.269 e. The number of benzene rings is 1. The van der Waals surface area contributed by atoms with Crippen molar-refractivity contribution in [3.8, 4) is 0 Å². The number of carbonyl (C=O) groups is 1. The second-order valence-corrected chi connectivity index (χ2v) is 6.44. The van der Waals surface area contributed by atoms with E-state index in [1.54, 1.807) is 7.11 Å². The van der Waals surface area contributed by atoms with E-state index in [1.807, 2.05) is 0 Å². The number of rotatable bonds is 11. The van der Waals surface area contributed by atoms with E-state index in [2.05, 4.69) is 15.4 Å². The van der Waals surface area contributed by atoms with Crippen molar-refractivity contribution in [3.05, 3.63) is 34.4 Å². The fourth-order valence-corrected chi connectivity index (χ4v) is 2.69. The van der Waals surface area contributed by atoms with Crippen LogP contribution in [-0.4, -0.2) is 59.1 Å². The third-order valence-electron chi connectivity index (χ3n) is 2.87. The van der Waals surface area contributed by atoms with Crippen LogP contribution in [0, 0.1) is 10.1 Å². The molecule has 0 heterocycles. The Morgan fingerprint density at radius 1 is 1.21 bits per heavy atom. The van der Waals surface area contributed by atoms with E-state index in [4.69, 9.17) is 4.74 Å². The number of hydrogen-bond acceptors (Lipinski definition) is 7. The summed E-state index contributed by atoms with van der Waals surface area (Å²) >= 11 is 0. The first-order valence-corrected chi connectivity index (χ1v) is 8.55. The molecule has 0 spiro atoms. The molecule has 0 aliphatic heterocycles. The SMILES string of the molecule is COCCNCC(=O)NCCNS(=O)(=O)c1ccc([N+](=O)[O-])cc1. The van der Waals surface area contributed by atoms with E-state index < -0.39 is 14.9 Å². The molecule has 1 aromatic carbocycles. The number of amides is 1. The molecule has 0 radical (unpaired) electrons. The quantitative estimate of drug-likeness (QED) is 0.267. The molecule has 3 N–H and O–H groups in total. The van der Waals surface area contributed by atoms with Crippen LogP contribution in [-0.2, 0) is 19.6 Å². The first-order valence-electron chi connectivity index (χ1n) is 7.07. The normalized spacial score (nSPS) is 11.2. The lowest BCUT2D eigenvalue weighted by Crippen LogP contribution is -2.39. The summed E-state index contributed by atoms with van der Waals surface area (Å²) in [6.07, 6.45) is 0. The molecule has 0 bridgehead atoms. The summed E-state index contributed by atoms with van der Waals surface area (Å²) in [7, 11) is -2.23. The van der Waals surface area contributed by atoms with Gasteiger partial charge in [-0.3, -0.25) is 14.9 Å². The zero-order valence-corrected chi connectivity index (χ0v) is 14.0. The van der Waals surface area contributed by atoms with Gasteiger partial charge in [-0.1, -0.05) is 0 Å². The minimum atomic E-state index is -3.78. The van der Waals surface area contributed by atoms with E-state index >= 15 is 0 Å². The third-order valence-corrected chi connectivity index (χ3v) is 4.34. The van der Waals surface area contributed by atoms with Crippen LogP contribution in [0.25, 0.3) is 0 Å². The van der Waals surface area contributed by atoms with Crippen LogP contribution in [0.5, 0.6) is 0 Å². The summed E-state index contributed by atoms with van der Waals surface area (Å²) in [4.78, 5) is 21.3. The molecular formula is C13H20N4O6S. The van der Waals surface area contributed by atoms with Crippen molar-refractivity contribution < 1.29 is 22.9 Å². The van der Waals surface area contributed by atoms with Crippen molar-refractivity contribution >= 4 is 21.6 Å². The Labute approximate surface area is 139 Å². The highest BCUT2D eigenvalue weighted by Gasteiger charge is 2.15. The molecule has 134 valence electrons. The van der Waals surface area contributed by atoms with Crippen LogP contribution >= 0.6 is 0 Å². The summed E-state index contributed by atoms with van der Waals surface area (Å²) in [6, 6.07) is 4.53. The van der Waals surface area contributed by atoms with Gasteiger partial charge in [0.15, 0.2) is 0 Å². The van der Waals surface area contributed by atoms with Crippen molar-refractivity contribution in [2.24, 2.45) is 0 Å². The number of nitrogens with one attached hydrogen (secondary N) is 3. The number of carbonyl (C=O) groups excluding carboxylic acids is 1. The maximum atomic E-state index is 12.0. The average Bonchev–Trinajstić information content (AvgIpc) is 2.56. The van der Waals surface area contributed by atoms with Gasteiger partial charge in [0, 0.05) is 38.9 Å². The molecule has 10 nitrogen and oxygen atoms in total. The molecule has 1 amide bonds. The van der Waals surface area contributed by atoms with Crippen LogP contribution in [0.3, 0.4) is 0 Å². The first kappa shape index (κ1) is 20.0. The molecule has 0 saturated carbocycles. The molecule has 1 rings (SSSR count). The van der Waals surface area contributed by atoms with Gasteiger partial charge in [0.05, 0.1) is 23.0 Å². The second kappa shape index (κ2) is 9.93. The van der Waals surface area contributed by atoms with Gasteiger partial charge in [0.25, 0.3) is 5.69 Å². The lowest BCUT2D eigenvalue weighted by atomic mass is 10.3. The average molecular weight is 360 g/mol. The Morgan fingerprint density at radius 2 is 1.88 bits per heavy atom. The number of sulfonamides is 1. The van der Waals surface area contributed by atoms with Crippen molar-refractivity contribution in [2.75, 3.05) is 39.9 Å². The van der Waals surface area contributed by atoms with Crippen LogP contribution in [0.4, 0.5) is 5.69 Å². The number of methoxy groups -OCH3 is 1. The van der Waals surface area contributed by atoms with E-state index in [1.165, 1.54) is 0 Å². The lowest BCUT2D eigenvalue weighted by Gasteiger charge is -2.08.